The molecule has 1 atom stereocenters. The van der Waals surface area contributed by atoms with Crippen LogP contribution >= 0.6 is 0 Å². The number of piperidine rings is 1. The molecule has 41 heavy (non-hydrogen) atoms. The molecule has 7 nitrogen and oxygen atoms in total. The van der Waals surface area contributed by atoms with Crippen LogP contribution in [0.3, 0.4) is 0 Å². The van der Waals surface area contributed by atoms with E-state index in [1.54, 1.807) is 30.7 Å². The van der Waals surface area contributed by atoms with Gasteiger partial charge in [-0.2, -0.15) is 4.31 Å². The lowest BCUT2D eigenvalue weighted by molar-refractivity contribution is 0.379. The fraction of sp³-hybridized carbons (Fsp3) is 0.394. The van der Waals surface area contributed by atoms with Gasteiger partial charge in [0.25, 0.3) is 5.56 Å². The average Bonchev–Trinajstić information content (AvgIpc) is 2.97. The number of fused-ring (bicyclic) bond motifs is 1. The highest BCUT2D eigenvalue weighted by Gasteiger charge is 2.30. The van der Waals surface area contributed by atoms with Crippen molar-refractivity contribution >= 4 is 26.6 Å². The molecule has 0 saturated carbocycles. The Hall–Kier alpha value is -3.49. The highest BCUT2D eigenvalue weighted by Crippen LogP contribution is 2.30. The molecule has 0 aliphatic carbocycles. The van der Waals surface area contributed by atoms with Crippen LogP contribution in [0, 0.1) is 6.92 Å². The summed E-state index contributed by atoms with van der Waals surface area (Å²) in [6.45, 7) is 12.0. The Kier molecular flexibility index (Phi) is 7.83. The second-order valence-electron chi connectivity index (χ2n) is 12.2. The number of aryl methyl sites for hydroxylation is 1. The Balaban J connectivity index is 1.62. The molecule has 4 aromatic rings. The normalized spacial score (nSPS) is 15.4. The van der Waals surface area contributed by atoms with Crippen LogP contribution in [-0.2, 0) is 15.4 Å². The number of rotatable bonds is 6. The molecule has 8 heteroatoms. The van der Waals surface area contributed by atoms with Gasteiger partial charge in [-0.1, -0.05) is 50.6 Å². The number of hydrogen-bond donors (Lipinski definition) is 0. The van der Waals surface area contributed by atoms with Crippen molar-refractivity contribution in [2.75, 3.05) is 25.0 Å². The summed E-state index contributed by atoms with van der Waals surface area (Å²) >= 11 is 0. The van der Waals surface area contributed by atoms with Gasteiger partial charge in [0.1, 0.15) is 5.82 Å². The monoisotopic (exact) mass is 572 g/mol. The van der Waals surface area contributed by atoms with Crippen LogP contribution in [0.4, 0.5) is 5.69 Å². The Labute approximate surface area is 243 Å². The van der Waals surface area contributed by atoms with Crippen molar-refractivity contribution in [1.29, 1.82) is 0 Å². The molecular weight excluding hydrogens is 532 g/mol. The van der Waals surface area contributed by atoms with Crippen molar-refractivity contribution in [2.45, 2.75) is 70.2 Å². The lowest BCUT2D eigenvalue weighted by Gasteiger charge is -2.29. The highest BCUT2D eigenvalue weighted by atomic mass is 32.2. The summed E-state index contributed by atoms with van der Waals surface area (Å²) in [4.78, 5) is 21.6. The first-order chi connectivity index (χ1) is 19.4. The maximum absolute atomic E-state index is 14.2. The molecule has 216 valence electrons. The number of nitrogens with zero attached hydrogens (tertiary/aromatic N) is 4. The number of sulfonamides is 1. The summed E-state index contributed by atoms with van der Waals surface area (Å²) < 4.78 is 30.4. The molecule has 0 N–H and O–H groups in total. The van der Waals surface area contributed by atoms with Crippen LogP contribution < -0.4 is 10.5 Å². The second kappa shape index (κ2) is 11.1. The van der Waals surface area contributed by atoms with Crippen molar-refractivity contribution < 1.29 is 8.42 Å². The minimum absolute atomic E-state index is 0.0888. The van der Waals surface area contributed by atoms with E-state index in [1.165, 1.54) is 10.7 Å². The van der Waals surface area contributed by atoms with Gasteiger partial charge in [0.2, 0.25) is 10.0 Å². The molecule has 0 spiro atoms. The van der Waals surface area contributed by atoms with Gasteiger partial charge < -0.3 is 4.90 Å². The van der Waals surface area contributed by atoms with Crippen molar-refractivity contribution in [3.8, 4) is 5.69 Å². The summed E-state index contributed by atoms with van der Waals surface area (Å²) in [6, 6.07) is 19.8. The zero-order valence-electron chi connectivity index (χ0n) is 24.9. The van der Waals surface area contributed by atoms with E-state index in [1.807, 2.05) is 61.5 Å². The predicted molar refractivity (Wildman–Crippen MR) is 167 cm³/mol. The van der Waals surface area contributed by atoms with E-state index in [-0.39, 0.29) is 15.9 Å². The Morgan fingerprint density at radius 3 is 2.10 bits per heavy atom. The van der Waals surface area contributed by atoms with Crippen LogP contribution in [0.1, 0.15) is 70.0 Å². The van der Waals surface area contributed by atoms with Crippen molar-refractivity contribution in [2.24, 2.45) is 0 Å². The maximum atomic E-state index is 14.2. The number of benzene rings is 3. The zero-order chi connectivity index (χ0) is 29.5. The Morgan fingerprint density at radius 1 is 0.878 bits per heavy atom. The largest absolute Gasteiger partial charge is 0.372 e. The summed E-state index contributed by atoms with van der Waals surface area (Å²) in [7, 11) is -2.32. The molecule has 0 bridgehead atoms. The van der Waals surface area contributed by atoms with Gasteiger partial charge in [0.15, 0.2) is 0 Å². The van der Waals surface area contributed by atoms with Gasteiger partial charge in [-0.3, -0.25) is 9.36 Å². The number of hydrogen-bond acceptors (Lipinski definition) is 5. The van der Waals surface area contributed by atoms with Gasteiger partial charge in [0.05, 0.1) is 27.5 Å². The fourth-order valence-electron chi connectivity index (χ4n) is 5.43. The van der Waals surface area contributed by atoms with E-state index in [2.05, 4.69) is 25.7 Å². The lowest BCUT2D eigenvalue weighted by Crippen LogP contribution is -2.35. The summed E-state index contributed by atoms with van der Waals surface area (Å²) in [5.74, 6) is 0.370. The van der Waals surface area contributed by atoms with Crippen molar-refractivity contribution in [3.63, 3.8) is 0 Å². The van der Waals surface area contributed by atoms with Crippen LogP contribution in [0.25, 0.3) is 16.6 Å². The van der Waals surface area contributed by atoms with Crippen molar-refractivity contribution in [1.82, 2.24) is 13.9 Å². The molecule has 2 heterocycles. The molecule has 0 amide bonds. The highest BCUT2D eigenvalue weighted by molar-refractivity contribution is 7.89. The Morgan fingerprint density at radius 2 is 1.49 bits per heavy atom. The topological polar surface area (TPSA) is 75.5 Å². The zero-order valence-corrected chi connectivity index (χ0v) is 25.7. The molecule has 1 fully saturated rings. The van der Waals surface area contributed by atoms with Crippen molar-refractivity contribution in [3.05, 3.63) is 94.0 Å². The van der Waals surface area contributed by atoms with E-state index in [0.29, 0.717) is 22.4 Å². The first kappa shape index (κ1) is 29.0. The third kappa shape index (κ3) is 5.68. The summed E-state index contributed by atoms with van der Waals surface area (Å²) in [6.07, 6.45) is 3.50. The first-order valence-corrected chi connectivity index (χ1v) is 15.8. The van der Waals surface area contributed by atoms with Gasteiger partial charge in [0, 0.05) is 25.8 Å². The predicted octanol–water partition coefficient (Wildman–Crippen LogP) is 6.36. The van der Waals surface area contributed by atoms with E-state index in [0.717, 1.165) is 42.7 Å². The molecular formula is C33H40N4O3S. The third-order valence-electron chi connectivity index (χ3n) is 8.21. The summed E-state index contributed by atoms with van der Waals surface area (Å²) in [5.41, 5.74) is 4.05. The van der Waals surface area contributed by atoms with Gasteiger partial charge in [-0.05, 0) is 86.6 Å². The third-order valence-corrected chi connectivity index (χ3v) is 10.1. The van der Waals surface area contributed by atoms with Gasteiger partial charge in [-0.25, -0.2) is 13.4 Å². The van der Waals surface area contributed by atoms with Crippen LogP contribution in [-0.4, -0.2) is 42.4 Å². The van der Waals surface area contributed by atoms with E-state index >= 15 is 0 Å². The average molecular weight is 573 g/mol. The first-order valence-electron chi connectivity index (χ1n) is 14.4. The Bertz CT molecular complexity index is 1710. The van der Waals surface area contributed by atoms with E-state index in [4.69, 9.17) is 4.98 Å². The maximum Gasteiger partial charge on any atom is 0.266 e. The minimum atomic E-state index is -3.87. The quantitative estimate of drug-likeness (QED) is 0.269. The fourth-order valence-corrected chi connectivity index (χ4v) is 6.75. The molecule has 5 rings (SSSR count). The molecule has 1 unspecified atom stereocenters. The molecule has 3 aromatic carbocycles. The molecule has 1 aliphatic heterocycles. The standard InChI is InChI=1S/C33H40N4O3S/c1-23-10-14-26(15-11-23)37-31(24(2)35(6)41(39,40)28-17-12-25(13-18-28)33(3,4)5)34-30-19-16-27(22-29(30)32(37)38)36-20-8-7-9-21-36/h10-19,22,24H,7-9,20-21H2,1-6H3. The number of anilines is 1. The molecule has 1 aromatic heterocycles. The number of aromatic nitrogens is 2. The van der Waals surface area contributed by atoms with Gasteiger partial charge >= 0.3 is 0 Å². The second-order valence-corrected chi connectivity index (χ2v) is 14.2. The minimum Gasteiger partial charge on any atom is -0.372 e. The van der Waals surface area contributed by atoms with E-state index < -0.39 is 16.1 Å². The van der Waals surface area contributed by atoms with Crippen LogP contribution in [0.2, 0.25) is 0 Å². The van der Waals surface area contributed by atoms with Crippen LogP contribution in [0.15, 0.2) is 76.4 Å². The van der Waals surface area contributed by atoms with Crippen LogP contribution in [0.5, 0.6) is 0 Å². The molecule has 0 radical (unpaired) electrons. The lowest BCUT2D eigenvalue weighted by atomic mass is 9.87. The molecule has 1 saturated heterocycles. The van der Waals surface area contributed by atoms with Gasteiger partial charge in [-0.15, -0.1) is 0 Å². The summed E-state index contributed by atoms with van der Waals surface area (Å²) in [5, 5.41) is 0.521. The SMILES string of the molecule is Cc1ccc(-n2c(C(C)N(C)S(=O)(=O)c3ccc(C(C)(C)C)cc3)nc3ccc(N4CCCCC4)cc3c2=O)cc1. The smallest absolute Gasteiger partial charge is 0.266 e. The van der Waals surface area contributed by atoms with E-state index in [9.17, 15) is 13.2 Å². The molecule has 1 aliphatic rings.